The van der Waals surface area contributed by atoms with Gasteiger partial charge in [-0.3, -0.25) is 0 Å². The van der Waals surface area contributed by atoms with Gasteiger partial charge in [0, 0.05) is 5.69 Å². The molecule has 0 aliphatic carbocycles. The molecule has 1 unspecified atom stereocenters. The molecule has 0 amide bonds. The van der Waals surface area contributed by atoms with Crippen LogP contribution in [0.2, 0.25) is 0 Å². The minimum Gasteiger partial charge on any atom is -0.592 e. The summed E-state index contributed by atoms with van der Waals surface area (Å²) in [6.45, 7) is 0. The fourth-order valence-electron chi connectivity index (χ4n) is 1.20. The molecule has 0 bridgehead atoms. The quantitative estimate of drug-likeness (QED) is 0.393. The lowest BCUT2D eigenvalue weighted by atomic mass is 10.2. The van der Waals surface area contributed by atoms with Crippen LogP contribution in [-0.2, 0) is 17.1 Å². The summed E-state index contributed by atoms with van der Waals surface area (Å²) in [4.78, 5) is 0. The van der Waals surface area contributed by atoms with Gasteiger partial charge >= 0.3 is 0 Å². The molecule has 0 fully saturated rings. The Balaban J connectivity index is 2.53. The first-order valence-electron chi connectivity index (χ1n) is 3.42. The van der Waals surface area contributed by atoms with E-state index in [0.717, 1.165) is 11.3 Å². The second-order valence-corrected chi connectivity index (χ2v) is 4.39. The third kappa shape index (κ3) is 1.03. The monoisotopic (exact) mass is 202 g/mol. The molecular formula is C7H7ClN2OS. The van der Waals surface area contributed by atoms with E-state index in [1.165, 1.54) is 3.82 Å². The van der Waals surface area contributed by atoms with Gasteiger partial charge in [-0.05, 0) is 12.1 Å². The number of hydrogen-bond acceptors (Lipinski definition) is 3. The second kappa shape index (κ2) is 2.73. The van der Waals surface area contributed by atoms with Gasteiger partial charge in [0.2, 0.25) is 0 Å². The number of nitrogens with two attached hydrogens (primary N) is 1. The molecule has 1 heterocycles. The van der Waals surface area contributed by atoms with Crippen molar-refractivity contribution in [1.29, 1.82) is 0 Å². The van der Waals surface area contributed by atoms with Crippen LogP contribution in [0.5, 0.6) is 0 Å². The molecule has 0 saturated carbocycles. The first-order chi connectivity index (χ1) is 5.70. The predicted octanol–water partition coefficient (Wildman–Crippen LogP) is 1.41. The number of hydrogen-bond donors (Lipinski definition) is 1. The molecule has 0 radical (unpaired) electrons. The van der Waals surface area contributed by atoms with Gasteiger partial charge in [-0.1, -0.05) is 6.07 Å². The molecule has 64 valence electrons. The lowest BCUT2D eigenvalue weighted by Crippen LogP contribution is -2.14. The summed E-state index contributed by atoms with van der Waals surface area (Å²) < 4.78 is 12.5. The Bertz CT molecular complexity index is 320. The molecule has 3 nitrogen and oxygen atoms in total. The fraction of sp³-hybridized carbons (Fsp3) is 0.143. The van der Waals surface area contributed by atoms with Crippen LogP contribution in [0.25, 0.3) is 0 Å². The first kappa shape index (κ1) is 8.04. The second-order valence-electron chi connectivity index (χ2n) is 2.56. The summed E-state index contributed by atoms with van der Waals surface area (Å²) in [5.74, 6) is 0.422. The van der Waals surface area contributed by atoms with Crippen LogP contribution in [-0.4, -0.2) is 4.55 Å². The number of nitrogen functional groups attached to an aromatic ring is 1. The Morgan fingerprint density at radius 3 is 3.00 bits per heavy atom. The van der Waals surface area contributed by atoms with E-state index < -0.39 is 11.4 Å². The molecule has 2 N–H and O–H groups in total. The smallest absolute Gasteiger partial charge is 0.162 e. The molecule has 1 aliphatic rings. The van der Waals surface area contributed by atoms with Crippen LogP contribution < -0.4 is 9.56 Å². The minimum atomic E-state index is -1.16. The van der Waals surface area contributed by atoms with Gasteiger partial charge in [-0.15, -0.1) is 3.82 Å². The Morgan fingerprint density at radius 1 is 1.58 bits per heavy atom. The van der Waals surface area contributed by atoms with Gasteiger partial charge in [0.15, 0.2) is 5.75 Å². The van der Waals surface area contributed by atoms with Crippen molar-refractivity contribution in [3.05, 3.63) is 23.8 Å². The molecular weight excluding hydrogens is 196 g/mol. The van der Waals surface area contributed by atoms with Gasteiger partial charge in [0.25, 0.3) is 0 Å². The van der Waals surface area contributed by atoms with Gasteiger partial charge in [0.1, 0.15) is 5.69 Å². The number of rotatable bonds is 0. The maximum absolute atomic E-state index is 11.2. The van der Waals surface area contributed by atoms with Crippen LogP contribution in [0.4, 0.5) is 11.4 Å². The van der Waals surface area contributed by atoms with Crippen molar-refractivity contribution in [2.75, 3.05) is 9.56 Å². The van der Waals surface area contributed by atoms with E-state index in [1.54, 1.807) is 12.1 Å². The third-order valence-corrected chi connectivity index (χ3v) is 3.56. The SMILES string of the molecule is Nc1cccc2c1C[S+]([O-])N2Cl. The summed E-state index contributed by atoms with van der Waals surface area (Å²) >= 11 is 4.59. The van der Waals surface area contributed by atoms with Crippen molar-refractivity contribution >= 4 is 34.5 Å². The highest BCUT2D eigenvalue weighted by Gasteiger charge is 2.32. The summed E-state index contributed by atoms with van der Waals surface area (Å²) in [5, 5.41) is 0. The van der Waals surface area contributed by atoms with Crippen LogP contribution in [0, 0.1) is 0 Å². The Hall–Kier alpha value is -0.580. The van der Waals surface area contributed by atoms with Crippen molar-refractivity contribution in [3.8, 4) is 0 Å². The van der Waals surface area contributed by atoms with E-state index in [9.17, 15) is 4.55 Å². The van der Waals surface area contributed by atoms with E-state index in [0.29, 0.717) is 11.4 Å². The molecule has 1 aromatic rings. The molecule has 1 aromatic carbocycles. The summed E-state index contributed by atoms with van der Waals surface area (Å²) in [6.07, 6.45) is 0. The predicted molar refractivity (Wildman–Crippen MR) is 51.0 cm³/mol. The standard InChI is InChI=1S/C7H7ClN2OS/c8-10-7-3-1-2-6(9)5(7)4-12(10)11/h1-3H,4,9H2. The van der Waals surface area contributed by atoms with Crippen LogP contribution in [0.15, 0.2) is 18.2 Å². The van der Waals surface area contributed by atoms with Crippen LogP contribution >= 0.6 is 11.8 Å². The number of anilines is 2. The Kier molecular flexibility index (Phi) is 1.83. The van der Waals surface area contributed by atoms with E-state index in [1.807, 2.05) is 6.07 Å². The fourth-order valence-corrected chi connectivity index (χ4v) is 2.57. The largest absolute Gasteiger partial charge is 0.592 e. The van der Waals surface area contributed by atoms with Gasteiger partial charge in [-0.2, -0.15) is 0 Å². The number of nitrogens with zero attached hydrogens (tertiary/aromatic N) is 1. The average Bonchev–Trinajstić information content (AvgIpc) is 2.32. The Morgan fingerprint density at radius 2 is 2.33 bits per heavy atom. The molecule has 2 rings (SSSR count). The Labute approximate surface area is 78.5 Å². The van der Waals surface area contributed by atoms with Gasteiger partial charge in [0.05, 0.1) is 28.7 Å². The van der Waals surface area contributed by atoms with Crippen molar-refractivity contribution in [2.45, 2.75) is 5.75 Å². The van der Waals surface area contributed by atoms with Crippen LogP contribution in [0.1, 0.15) is 5.56 Å². The molecule has 0 saturated heterocycles. The zero-order chi connectivity index (χ0) is 8.72. The first-order valence-corrected chi connectivity index (χ1v) is 5.03. The van der Waals surface area contributed by atoms with Crippen LogP contribution in [0.3, 0.4) is 0 Å². The molecule has 12 heavy (non-hydrogen) atoms. The maximum Gasteiger partial charge on any atom is 0.162 e. The lowest BCUT2D eigenvalue weighted by Gasteiger charge is -2.08. The lowest BCUT2D eigenvalue weighted by molar-refractivity contribution is 0.598. The molecule has 5 heteroatoms. The van der Waals surface area contributed by atoms with Gasteiger partial charge in [-0.25, -0.2) is 0 Å². The summed E-state index contributed by atoms with van der Waals surface area (Å²) in [5.41, 5.74) is 7.97. The number of fused-ring (bicyclic) bond motifs is 1. The topological polar surface area (TPSA) is 52.3 Å². The highest BCUT2D eigenvalue weighted by Crippen LogP contribution is 2.37. The summed E-state index contributed by atoms with van der Waals surface area (Å²) in [6, 6.07) is 5.39. The van der Waals surface area contributed by atoms with Crippen molar-refractivity contribution in [1.82, 2.24) is 0 Å². The average molecular weight is 203 g/mol. The van der Waals surface area contributed by atoms with Crippen molar-refractivity contribution < 1.29 is 4.55 Å². The highest BCUT2D eigenvalue weighted by atomic mass is 35.5. The minimum absolute atomic E-state index is 0.422. The highest BCUT2D eigenvalue weighted by molar-refractivity contribution is 7.93. The van der Waals surface area contributed by atoms with Gasteiger partial charge < -0.3 is 10.3 Å². The normalized spacial score (nSPS) is 21.2. The van der Waals surface area contributed by atoms with E-state index in [-0.39, 0.29) is 0 Å². The number of halogens is 1. The summed E-state index contributed by atoms with van der Waals surface area (Å²) in [7, 11) is 0. The van der Waals surface area contributed by atoms with E-state index >= 15 is 0 Å². The van der Waals surface area contributed by atoms with E-state index in [2.05, 4.69) is 0 Å². The molecule has 0 aromatic heterocycles. The third-order valence-electron chi connectivity index (χ3n) is 1.82. The number of benzene rings is 1. The molecule has 0 spiro atoms. The maximum atomic E-state index is 11.2. The van der Waals surface area contributed by atoms with Crippen molar-refractivity contribution in [3.63, 3.8) is 0 Å². The molecule has 1 atom stereocenters. The van der Waals surface area contributed by atoms with E-state index in [4.69, 9.17) is 17.5 Å². The van der Waals surface area contributed by atoms with Crippen molar-refractivity contribution in [2.24, 2.45) is 0 Å². The molecule has 1 aliphatic heterocycles. The zero-order valence-electron chi connectivity index (χ0n) is 6.16. The zero-order valence-corrected chi connectivity index (χ0v) is 7.73.